The van der Waals surface area contributed by atoms with Crippen LogP contribution in [0.25, 0.3) is 0 Å². The lowest BCUT2D eigenvalue weighted by Crippen LogP contribution is -2.10. The third kappa shape index (κ3) is 3.33. The van der Waals surface area contributed by atoms with Gasteiger partial charge in [0.2, 0.25) is 0 Å². The molecule has 0 saturated heterocycles. The molecule has 1 heteroatoms. The van der Waals surface area contributed by atoms with Crippen molar-refractivity contribution < 1.29 is 0 Å². The van der Waals surface area contributed by atoms with Gasteiger partial charge in [-0.2, -0.15) is 0 Å². The maximum absolute atomic E-state index is 3.68. The number of rotatable bonds is 4. The molecule has 1 nitrogen and oxygen atoms in total. The monoisotopic (exact) mass is 139 g/mol. The van der Waals surface area contributed by atoms with Crippen LogP contribution in [-0.4, -0.2) is 19.0 Å². The van der Waals surface area contributed by atoms with Gasteiger partial charge in [-0.3, -0.25) is 0 Å². The van der Waals surface area contributed by atoms with Crippen LogP contribution in [0.2, 0.25) is 0 Å². The number of allylic oxidation sites excluding steroid dienone is 3. The first kappa shape index (κ1) is 9.28. The van der Waals surface area contributed by atoms with E-state index in [1.165, 1.54) is 5.70 Å². The molecular formula is C9H17N. The van der Waals surface area contributed by atoms with Gasteiger partial charge in [-0.15, -0.1) is 6.58 Å². The zero-order chi connectivity index (χ0) is 7.98. The van der Waals surface area contributed by atoms with Gasteiger partial charge in [0.05, 0.1) is 0 Å². The minimum Gasteiger partial charge on any atom is -0.381 e. The molecule has 0 atom stereocenters. The average molecular weight is 139 g/mol. The van der Waals surface area contributed by atoms with Crippen LogP contribution in [0, 0.1) is 0 Å². The van der Waals surface area contributed by atoms with Crippen LogP contribution in [0.5, 0.6) is 0 Å². The Hall–Kier alpha value is -0.720. The first-order valence-electron chi connectivity index (χ1n) is 3.65. The molecular weight excluding hydrogens is 122 g/mol. The molecule has 0 unspecified atom stereocenters. The molecule has 0 aliphatic heterocycles. The van der Waals surface area contributed by atoms with Crippen LogP contribution in [0.15, 0.2) is 24.4 Å². The normalized spacial score (nSPS) is 11.3. The van der Waals surface area contributed by atoms with Crippen LogP contribution < -0.4 is 0 Å². The molecule has 0 aliphatic rings. The van der Waals surface area contributed by atoms with E-state index in [1.807, 2.05) is 6.08 Å². The van der Waals surface area contributed by atoms with Crippen molar-refractivity contribution in [2.24, 2.45) is 0 Å². The van der Waals surface area contributed by atoms with E-state index in [0.29, 0.717) is 0 Å². The molecule has 0 heterocycles. The Kier molecular flexibility index (Phi) is 4.73. The maximum atomic E-state index is 3.68. The second-order valence-electron chi connectivity index (χ2n) is 2.50. The van der Waals surface area contributed by atoms with Gasteiger partial charge in [0.25, 0.3) is 0 Å². The van der Waals surface area contributed by atoms with Gasteiger partial charge in [-0.05, 0) is 19.8 Å². The standard InChI is InChI=1S/C9H17N/c1-5-7-8-9(6-2)10(3)4/h5-6H,1,7-8H2,2-4H3/b9-6+. The molecule has 0 rings (SSSR count). The van der Waals surface area contributed by atoms with E-state index in [2.05, 4.69) is 38.6 Å². The Balaban J connectivity index is 3.73. The van der Waals surface area contributed by atoms with Crippen LogP contribution in [0.1, 0.15) is 19.8 Å². The van der Waals surface area contributed by atoms with Gasteiger partial charge in [0.15, 0.2) is 0 Å². The summed E-state index contributed by atoms with van der Waals surface area (Å²) in [5.41, 5.74) is 1.37. The lowest BCUT2D eigenvalue weighted by Gasteiger charge is -2.15. The Morgan fingerprint density at radius 2 is 2.10 bits per heavy atom. The van der Waals surface area contributed by atoms with E-state index in [9.17, 15) is 0 Å². The van der Waals surface area contributed by atoms with Crippen molar-refractivity contribution in [1.29, 1.82) is 0 Å². The quantitative estimate of drug-likeness (QED) is 0.541. The first-order chi connectivity index (χ1) is 4.72. The average Bonchev–Trinajstić information content (AvgIpc) is 1.89. The second kappa shape index (κ2) is 5.10. The van der Waals surface area contributed by atoms with Crippen molar-refractivity contribution in [3.05, 3.63) is 24.4 Å². The van der Waals surface area contributed by atoms with Gasteiger partial charge in [0, 0.05) is 19.8 Å². The van der Waals surface area contributed by atoms with Crippen LogP contribution in [0.4, 0.5) is 0 Å². The van der Waals surface area contributed by atoms with Gasteiger partial charge >= 0.3 is 0 Å². The summed E-state index contributed by atoms with van der Waals surface area (Å²) < 4.78 is 0. The summed E-state index contributed by atoms with van der Waals surface area (Å²) in [6, 6.07) is 0. The molecule has 0 aromatic carbocycles. The van der Waals surface area contributed by atoms with Gasteiger partial charge in [0.1, 0.15) is 0 Å². The van der Waals surface area contributed by atoms with Crippen LogP contribution in [-0.2, 0) is 0 Å². The summed E-state index contributed by atoms with van der Waals surface area (Å²) >= 11 is 0. The van der Waals surface area contributed by atoms with Gasteiger partial charge in [-0.25, -0.2) is 0 Å². The Morgan fingerprint density at radius 1 is 1.50 bits per heavy atom. The Morgan fingerprint density at radius 3 is 2.40 bits per heavy atom. The molecule has 10 heavy (non-hydrogen) atoms. The molecule has 0 amide bonds. The van der Waals surface area contributed by atoms with E-state index in [0.717, 1.165) is 12.8 Å². The van der Waals surface area contributed by atoms with Gasteiger partial charge < -0.3 is 4.90 Å². The predicted molar refractivity (Wildman–Crippen MR) is 46.9 cm³/mol. The fourth-order valence-corrected chi connectivity index (χ4v) is 0.876. The summed E-state index contributed by atoms with van der Waals surface area (Å²) in [4.78, 5) is 2.14. The Labute approximate surface area is 64.0 Å². The summed E-state index contributed by atoms with van der Waals surface area (Å²) in [5, 5.41) is 0. The van der Waals surface area contributed by atoms with Crippen LogP contribution >= 0.6 is 0 Å². The maximum Gasteiger partial charge on any atom is 0.00872 e. The molecule has 0 saturated carbocycles. The Bertz CT molecular complexity index is 123. The lowest BCUT2D eigenvalue weighted by molar-refractivity contribution is 0.487. The molecule has 0 aliphatic carbocycles. The van der Waals surface area contributed by atoms with E-state index in [4.69, 9.17) is 0 Å². The topological polar surface area (TPSA) is 3.24 Å². The van der Waals surface area contributed by atoms with Crippen LogP contribution in [0.3, 0.4) is 0 Å². The molecule has 0 radical (unpaired) electrons. The molecule has 0 fully saturated rings. The van der Waals surface area contributed by atoms with Crippen molar-refractivity contribution in [3.8, 4) is 0 Å². The first-order valence-corrected chi connectivity index (χ1v) is 3.65. The third-order valence-electron chi connectivity index (χ3n) is 1.51. The molecule has 0 bridgehead atoms. The summed E-state index contributed by atoms with van der Waals surface area (Å²) in [6.45, 7) is 5.75. The smallest absolute Gasteiger partial charge is 0.00872 e. The van der Waals surface area contributed by atoms with Crippen molar-refractivity contribution in [3.63, 3.8) is 0 Å². The predicted octanol–water partition coefficient (Wildman–Crippen LogP) is 2.42. The minimum absolute atomic E-state index is 1.07. The summed E-state index contributed by atoms with van der Waals surface area (Å²) in [7, 11) is 4.14. The molecule has 0 aromatic heterocycles. The highest BCUT2D eigenvalue weighted by Crippen LogP contribution is 2.06. The summed E-state index contributed by atoms with van der Waals surface area (Å²) in [5.74, 6) is 0. The number of hydrogen-bond acceptors (Lipinski definition) is 1. The van der Waals surface area contributed by atoms with Crippen molar-refractivity contribution in [2.75, 3.05) is 14.1 Å². The van der Waals surface area contributed by atoms with E-state index < -0.39 is 0 Å². The zero-order valence-corrected chi connectivity index (χ0v) is 7.22. The zero-order valence-electron chi connectivity index (χ0n) is 7.22. The highest BCUT2D eigenvalue weighted by molar-refractivity contribution is 4.98. The minimum atomic E-state index is 1.07. The largest absolute Gasteiger partial charge is 0.381 e. The second-order valence-corrected chi connectivity index (χ2v) is 2.50. The van der Waals surface area contributed by atoms with E-state index in [-0.39, 0.29) is 0 Å². The third-order valence-corrected chi connectivity index (χ3v) is 1.51. The highest BCUT2D eigenvalue weighted by Gasteiger charge is 1.94. The SMILES string of the molecule is C=CCC/C(=C\C)N(C)C. The lowest BCUT2D eigenvalue weighted by atomic mass is 10.2. The van der Waals surface area contributed by atoms with Crippen molar-refractivity contribution in [2.45, 2.75) is 19.8 Å². The fraction of sp³-hybridized carbons (Fsp3) is 0.556. The molecule has 0 aromatic rings. The van der Waals surface area contributed by atoms with E-state index >= 15 is 0 Å². The fourth-order valence-electron chi connectivity index (χ4n) is 0.876. The number of nitrogens with zero attached hydrogens (tertiary/aromatic N) is 1. The summed E-state index contributed by atoms with van der Waals surface area (Å²) in [6.07, 6.45) is 6.27. The highest BCUT2D eigenvalue weighted by atomic mass is 15.1. The molecule has 0 N–H and O–H groups in total. The van der Waals surface area contributed by atoms with Crippen molar-refractivity contribution in [1.82, 2.24) is 4.90 Å². The number of hydrogen-bond donors (Lipinski definition) is 0. The molecule has 58 valence electrons. The van der Waals surface area contributed by atoms with Gasteiger partial charge in [-0.1, -0.05) is 12.2 Å². The molecule has 0 spiro atoms. The van der Waals surface area contributed by atoms with E-state index in [1.54, 1.807) is 0 Å². The van der Waals surface area contributed by atoms with Crippen molar-refractivity contribution >= 4 is 0 Å².